The van der Waals surface area contributed by atoms with E-state index in [-0.39, 0.29) is 17.6 Å². The number of hydrogen-bond acceptors (Lipinski definition) is 6. The number of hydrogen-bond donors (Lipinski definition) is 0. The second-order valence-corrected chi connectivity index (χ2v) is 9.17. The molecular weight excluding hydrogens is 454 g/mol. The fraction of sp³-hybridized carbons (Fsp3) is 0.333. The minimum Gasteiger partial charge on any atom is -0.487 e. The summed E-state index contributed by atoms with van der Waals surface area (Å²) in [5, 5.41) is 0. The molecule has 0 saturated carbocycles. The Morgan fingerprint density at radius 3 is 2.23 bits per heavy atom. The van der Waals surface area contributed by atoms with Gasteiger partial charge in [-0.25, -0.2) is 4.79 Å². The van der Waals surface area contributed by atoms with Gasteiger partial charge in [0.25, 0.3) is 0 Å². The number of nitrogens with zero attached hydrogens (tertiary/aromatic N) is 2. The van der Waals surface area contributed by atoms with Crippen LogP contribution in [0.4, 0.5) is 20.2 Å². The molecule has 0 bridgehead atoms. The highest BCUT2D eigenvalue weighted by atomic mass is 19.3. The highest BCUT2D eigenvalue weighted by Crippen LogP contribution is 2.37. The smallest absolute Gasteiger partial charge is 0.387 e. The topological polar surface area (TPSA) is 60.9 Å². The Labute approximate surface area is 204 Å². The zero-order chi connectivity index (χ0) is 25.6. The van der Waals surface area contributed by atoms with Gasteiger partial charge in [-0.15, -0.1) is 0 Å². The highest BCUT2D eigenvalue weighted by Gasteiger charge is 2.20. The lowest BCUT2D eigenvalue weighted by molar-refractivity contribution is -0.0519. The minimum absolute atomic E-state index is 0.0425. The minimum atomic E-state index is -2.97. The fourth-order valence-electron chi connectivity index (χ4n) is 3.32. The fourth-order valence-corrected chi connectivity index (χ4v) is 3.32. The van der Waals surface area contributed by atoms with Gasteiger partial charge in [0.15, 0.2) is 11.5 Å². The van der Waals surface area contributed by atoms with Gasteiger partial charge in [-0.1, -0.05) is 6.07 Å². The van der Waals surface area contributed by atoms with Crippen molar-refractivity contribution in [1.82, 2.24) is 4.98 Å². The van der Waals surface area contributed by atoms with Crippen molar-refractivity contribution in [3.05, 3.63) is 78.1 Å². The Bertz CT molecular complexity index is 1110. The second-order valence-electron chi connectivity index (χ2n) is 9.17. The molecule has 0 atom stereocenters. The summed E-state index contributed by atoms with van der Waals surface area (Å²) in [7, 11) is 0. The van der Waals surface area contributed by atoms with Gasteiger partial charge in [-0.2, -0.15) is 8.78 Å². The summed E-state index contributed by atoms with van der Waals surface area (Å²) in [4.78, 5) is 18.6. The standard InChI is InChI=1S/C27H30F2N2O4/c1-18(2)33-24-15-22(12-13-23(24)34-26(28)29)31(17-19-7-6-14-30-16-19)21-10-8-20(9-11-21)25(32)35-27(3,4)5/h6-16,18,26H,17H2,1-5H3. The molecule has 0 unspecified atom stereocenters. The van der Waals surface area contributed by atoms with Crippen molar-refractivity contribution in [1.29, 1.82) is 0 Å². The molecule has 3 rings (SSSR count). The van der Waals surface area contributed by atoms with E-state index in [1.807, 2.05) is 63.8 Å². The number of ether oxygens (including phenoxy) is 3. The maximum absolute atomic E-state index is 12.9. The van der Waals surface area contributed by atoms with Crippen LogP contribution in [0.25, 0.3) is 0 Å². The van der Waals surface area contributed by atoms with Crippen LogP contribution in [0.1, 0.15) is 50.5 Å². The van der Waals surface area contributed by atoms with Crippen LogP contribution in [0.2, 0.25) is 0 Å². The quantitative estimate of drug-likeness (QED) is 0.313. The van der Waals surface area contributed by atoms with Gasteiger partial charge in [0.2, 0.25) is 0 Å². The SMILES string of the molecule is CC(C)Oc1cc(N(Cc2cccnc2)c2ccc(C(=O)OC(C)(C)C)cc2)ccc1OC(F)F. The summed E-state index contributed by atoms with van der Waals surface area (Å²) in [6.07, 6.45) is 3.20. The Balaban J connectivity index is 2.00. The van der Waals surface area contributed by atoms with Gasteiger partial charge in [0.1, 0.15) is 5.60 Å². The molecule has 35 heavy (non-hydrogen) atoms. The van der Waals surface area contributed by atoms with E-state index in [0.717, 1.165) is 11.3 Å². The molecule has 0 fully saturated rings. The van der Waals surface area contributed by atoms with Crippen molar-refractivity contribution in [3.63, 3.8) is 0 Å². The van der Waals surface area contributed by atoms with Gasteiger partial charge < -0.3 is 19.1 Å². The maximum Gasteiger partial charge on any atom is 0.387 e. The van der Waals surface area contributed by atoms with Crippen molar-refractivity contribution in [2.75, 3.05) is 4.90 Å². The number of anilines is 2. The number of halogens is 2. The molecule has 0 spiro atoms. The third-order valence-electron chi connectivity index (χ3n) is 4.69. The summed E-state index contributed by atoms with van der Waals surface area (Å²) < 4.78 is 41.7. The first kappa shape index (κ1) is 25.9. The molecule has 0 saturated heterocycles. The lowest BCUT2D eigenvalue weighted by atomic mass is 10.1. The summed E-state index contributed by atoms with van der Waals surface area (Å²) >= 11 is 0. The number of alkyl halides is 2. The number of benzene rings is 2. The predicted molar refractivity (Wildman–Crippen MR) is 131 cm³/mol. The van der Waals surface area contributed by atoms with Crippen LogP contribution in [0.3, 0.4) is 0 Å². The number of carbonyl (C=O) groups is 1. The maximum atomic E-state index is 12.9. The first-order valence-corrected chi connectivity index (χ1v) is 11.3. The Morgan fingerprint density at radius 2 is 1.66 bits per heavy atom. The molecule has 6 nitrogen and oxygen atoms in total. The second kappa shape index (κ2) is 11.2. The van der Waals surface area contributed by atoms with Crippen LogP contribution >= 0.6 is 0 Å². The summed E-state index contributed by atoms with van der Waals surface area (Å²) in [5.74, 6) is -0.248. The molecule has 0 amide bonds. The third kappa shape index (κ3) is 7.67. The Morgan fingerprint density at radius 1 is 0.971 bits per heavy atom. The van der Waals surface area contributed by atoms with E-state index < -0.39 is 18.2 Å². The molecule has 3 aromatic rings. The van der Waals surface area contributed by atoms with E-state index in [0.29, 0.717) is 17.8 Å². The van der Waals surface area contributed by atoms with Crippen molar-refractivity contribution >= 4 is 17.3 Å². The molecule has 0 aliphatic heterocycles. The molecule has 0 aliphatic carbocycles. The molecule has 0 aliphatic rings. The van der Waals surface area contributed by atoms with E-state index in [1.165, 1.54) is 6.07 Å². The van der Waals surface area contributed by atoms with Gasteiger partial charge in [-0.05, 0) is 82.6 Å². The van der Waals surface area contributed by atoms with Crippen LogP contribution in [-0.4, -0.2) is 29.3 Å². The molecular formula is C27H30F2N2O4. The number of rotatable bonds is 9. The van der Waals surface area contributed by atoms with Gasteiger partial charge >= 0.3 is 12.6 Å². The van der Waals surface area contributed by atoms with Crippen molar-refractivity contribution in [2.24, 2.45) is 0 Å². The molecule has 0 N–H and O–H groups in total. The van der Waals surface area contributed by atoms with Gasteiger partial charge in [-0.3, -0.25) is 4.98 Å². The van der Waals surface area contributed by atoms with E-state index in [9.17, 15) is 13.6 Å². The van der Waals surface area contributed by atoms with Crippen LogP contribution in [-0.2, 0) is 11.3 Å². The molecule has 8 heteroatoms. The van der Waals surface area contributed by atoms with Crippen molar-refractivity contribution < 1.29 is 27.8 Å². The first-order chi connectivity index (χ1) is 16.5. The average Bonchev–Trinajstić information content (AvgIpc) is 2.78. The first-order valence-electron chi connectivity index (χ1n) is 11.3. The molecule has 1 aromatic heterocycles. The third-order valence-corrected chi connectivity index (χ3v) is 4.69. The summed E-state index contributed by atoms with van der Waals surface area (Å²) in [6, 6.07) is 15.6. The monoisotopic (exact) mass is 484 g/mol. The van der Waals surface area contributed by atoms with Gasteiger partial charge in [0.05, 0.1) is 11.7 Å². The highest BCUT2D eigenvalue weighted by molar-refractivity contribution is 5.90. The zero-order valence-corrected chi connectivity index (χ0v) is 20.5. The number of aromatic nitrogens is 1. The van der Waals surface area contributed by atoms with Crippen LogP contribution < -0.4 is 14.4 Å². The van der Waals surface area contributed by atoms with Crippen LogP contribution in [0, 0.1) is 0 Å². The zero-order valence-electron chi connectivity index (χ0n) is 20.5. The summed E-state index contributed by atoms with van der Waals surface area (Å²) in [6.45, 7) is 6.52. The van der Waals surface area contributed by atoms with E-state index in [2.05, 4.69) is 9.72 Å². The largest absolute Gasteiger partial charge is 0.487 e. The number of carbonyl (C=O) groups excluding carboxylic acids is 1. The van der Waals surface area contributed by atoms with Crippen molar-refractivity contribution in [3.8, 4) is 11.5 Å². The van der Waals surface area contributed by atoms with Gasteiger partial charge in [0, 0.05) is 36.4 Å². The summed E-state index contributed by atoms with van der Waals surface area (Å²) in [5.41, 5.74) is 2.23. The predicted octanol–water partition coefficient (Wildman–Crippen LogP) is 6.76. The lowest BCUT2D eigenvalue weighted by Gasteiger charge is -2.27. The lowest BCUT2D eigenvalue weighted by Crippen LogP contribution is -2.24. The van der Waals surface area contributed by atoms with Crippen LogP contribution in [0.5, 0.6) is 11.5 Å². The van der Waals surface area contributed by atoms with Crippen LogP contribution in [0.15, 0.2) is 67.0 Å². The average molecular weight is 485 g/mol. The Hall–Kier alpha value is -3.68. The van der Waals surface area contributed by atoms with E-state index in [4.69, 9.17) is 9.47 Å². The number of esters is 1. The van der Waals surface area contributed by atoms with E-state index in [1.54, 1.807) is 36.7 Å². The Kier molecular flexibility index (Phi) is 8.27. The molecule has 1 heterocycles. The molecule has 2 aromatic carbocycles. The number of pyridine rings is 1. The molecule has 186 valence electrons. The normalized spacial score (nSPS) is 11.5. The van der Waals surface area contributed by atoms with E-state index >= 15 is 0 Å². The van der Waals surface area contributed by atoms with Crippen molar-refractivity contribution in [2.45, 2.75) is 59.5 Å². The molecule has 0 radical (unpaired) electrons.